The molecule has 0 radical (unpaired) electrons. The second kappa shape index (κ2) is 8.54. The number of benzene rings is 1. The van der Waals surface area contributed by atoms with Gasteiger partial charge in [-0.05, 0) is 36.4 Å². The van der Waals surface area contributed by atoms with Gasteiger partial charge in [0, 0.05) is 30.3 Å². The molecule has 0 saturated heterocycles. The van der Waals surface area contributed by atoms with E-state index in [-0.39, 0.29) is 12.3 Å². The fourth-order valence-electron chi connectivity index (χ4n) is 2.42. The number of carboxylic acids is 1. The average Bonchev–Trinajstić information content (AvgIpc) is 2.97. The van der Waals surface area contributed by atoms with E-state index in [4.69, 9.17) is 5.11 Å². The number of carbonyl (C=O) groups excluding carboxylic acids is 1. The zero-order valence-electron chi connectivity index (χ0n) is 13.7. The molecule has 6 nitrogen and oxygen atoms in total. The Bertz CT molecular complexity index is 697. The monoisotopic (exact) mass is 347 g/mol. The third kappa shape index (κ3) is 5.13. The fraction of sp³-hybridized carbons (Fsp3) is 0.353. The molecule has 2 N–H and O–H groups in total. The van der Waals surface area contributed by atoms with Gasteiger partial charge in [0.25, 0.3) is 0 Å². The summed E-state index contributed by atoms with van der Waals surface area (Å²) < 4.78 is 1.73. The van der Waals surface area contributed by atoms with E-state index < -0.39 is 12.0 Å². The summed E-state index contributed by atoms with van der Waals surface area (Å²) in [5.41, 5.74) is 1.76. The van der Waals surface area contributed by atoms with E-state index in [2.05, 4.69) is 10.4 Å². The Kier molecular flexibility index (Phi) is 6.43. The molecule has 2 rings (SSSR count). The summed E-state index contributed by atoms with van der Waals surface area (Å²) in [4.78, 5) is 24.4. The Morgan fingerprint density at radius 3 is 2.54 bits per heavy atom. The van der Waals surface area contributed by atoms with Crippen LogP contribution in [0.25, 0.3) is 0 Å². The van der Waals surface area contributed by atoms with Crippen LogP contribution in [0.5, 0.6) is 0 Å². The van der Waals surface area contributed by atoms with E-state index in [0.29, 0.717) is 12.8 Å². The van der Waals surface area contributed by atoms with Gasteiger partial charge < -0.3 is 10.4 Å². The van der Waals surface area contributed by atoms with Crippen LogP contribution in [0.2, 0.25) is 0 Å². The van der Waals surface area contributed by atoms with Crippen molar-refractivity contribution in [2.24, 2.45) is 7.05 Å². The Hall–Kier alpha value is -2.28. The first-order valence-corrected chi connectivity index (χ1v) is 8.84. The summed E-state index contributed by atoms with van der Waals surface area (Å²) in [6, 6.07) is 8.91. The third-order valence-electron chi connectivity index (χ3n) is 3.76. The number of nitrogens with one attached hydrogen (secondary N) is 1. The minimum atomic E-state index is -0.944. The van der Waals surface area contributed by atoms with Crippen molar-refractivity contribution in [3.63, 3.8) is 0 Å². The van der Waals surface area contributed by atoms with Crippen LogP contribution in [0, 0.1) is 0 Å². The summed E-state index contributed by atoms with van der Waals surface area (Å²) in [5.74, 6) is -1.11. The summed E-state index contributed by atoms with van der Waals surface area (Å²) in [6.45, 7) is 0. The van der Waals surface area contributed by atoms with Crippen LogP contribution >= 0.6 is 11.8 Å². The molecule has 2 aromatic rings. The highest BCUT2D eigenvalue weighted by molar-refractivity contribution is 7.98. The summed E-state index contributed by atoms with van der Waals surface area (Å²) in [5, 5.41) is 16.0. The molecule has 0 fully saturated rings. The smallest absolute Gasteiger partial charge is 0.305 e. The number of aliphatic carboxylic acids is 1. The molecule has 1 amide bonds. The van der Waals surface area contributed by atoms with Gasteiger partial charge in [-0.25, -0.2) is 0 Å². The number of aromatic nitrogens is 2. The van der Waals surface area contributed by atoms with Gasteiger partial charge in [0.2, 0.25) is 5.91 Å². The number of carboxylic acid groups (broad SMARTS) is 1. The highest BCUT2D eigenvalue weighted by Gasteiger charge is 2.18. The molecule has 1 heterocycles. The normalized spacial score (nSPS) is 11.9. The summed E-state index contributed by atoms with van der Waals surface area (Å²) in [6.07, 6.45) is 4.37. The molecule has 0 aliphatic heterocycles. The second-order valence-corrected chi connectivity index (χ2v) is 6.32. The Morgan fingerprint density at radius 1 is 1.29 bits per heavy atom. The van der Waals surface area contributed by atoms with E-state index in [1.165, 1.54) is 0 Å². The molecule has 7 heteroatoms. The zero-order valence-corrected chi connectivity index (χ0v) is 14.5. The van der Waals surface area contributed by atoms with Gasteiger partial charge in [0.15, 0.2) is 0 Å². The molecule has 128 valence electrons. The lowest BCUT2D eigenvalue weighted by Crippen LogP contribution is -2.30. The Morgan fingerprint density at radius 2 is 2.00 bits per heavy atom. The van der Waals surface area contributed by atoms with Crippen molar-refractivity contribution in [2.45, 2.75) is 30.2 Å². The number of rotatable bonds is 8. The number of aryl methyl sites for hydroxylation is 2. The van der Waals surface area contributed by atoms with E-state index in [9.17, 15) is 9.59 Å². The van der Waals surface area contributed by atoms with Crippen LogP contribution < -0.4 is 5.32 Å². The lowest BCUT2D eigenvalue weighted by Gasteiger charge is -2.18. The molecule has 1 atom stereocenters. The van der Waals surface area contributed by atoms with E-state index in [1.807, 2.05) is 43.6 Å². The molecule has 0 spiro atoms. The van der Waals surface area contributed by atoms with E-state index in [0.717, 1.165) is 16.2 Å². The van der Waals surface area contributed by atoms with Gasteiger partial charge in [-0.15, -0.1) is 11.8 Å². The second-order valence-electron chi connectivity index (χ2n) is 5.44. The first kappa shape index (κ1) is 18.1. The molecule has 0 aliphatic rings. The van der Waals surface area contributed by atoms with Crippen molar-refractivity contribution in [2.75, 3.05) is 6.26 Å². The molecule has 1 unspecified atom stereocenters. The topological polar surface area (TPSA) is 84.2 Å². The van der Waals surface area contributed by atoms with Crippen LogP contribution in [0.1, 0.15) is 30.1 Å². The van der Waals surface area contributed by atoms with E-state index >= 15 is 0 Å². The number of hydrogen-bond donors (Lipinski definition) is 2. The number of carbonyl (C=O) groups is 2. The third-order valence-corrected chi connectivity index (χ3v) is 4.51. The lowest BCUT2D eigenvalue weighted by atomic mass is 10.0. The van der Waals surface area contributed by atoms with Gasteiger partial charge in [-0.3, -0.25) is 14.3 Å². The number of amides is 1. The SMILES string of the molecule is CSc1ccc(C(CC(=O)O)NC(=O)CCc2ccnn2C)cc1. The van der Waals surface area contributed by atoms with Crippen molar-refractivity contribution < 1.29 is 14.7 Å². The summed E-state index contributed by atoms with van der Waals surface area (Å²) >= 11 is 1.61. The first-order chi connectivity index (χ1) is 11.5. The van der Waals surface area contributed by atoms with Crippen molar-refractivity contribution in [3.8, 4) is 0 Å². The van der Waals surface area contributed by atoms with Crippen LogP contribution in [-0.2, 0) is 23.1 Å². The maximum atomic E-state index is 12.2. The molecule has 1 aromatic carbocycles. The zero-order chi connectivity index (χ0) is 17.5. The largest absolute Gasteiger partial charge is 0.481 e. The predicted octanol–water partition coefficient (Wildman–Crippen LogP) is 2.41. The molecule has 0 saturated carbocycles. The standard InChI is InChI=1S/C17H21N3O3S/c1-20-13(9-10-18-20)5-8-16(21)19-15(11-17(22)23)12-3-6-14(24-2)7-4-12/h3-4,6-7,9-10,15H,5,8,11H2,1-2H3,(H,19,21)(H,22,23). The molecule has 0 bridgehead atoms. The molecule has 24 heavy (non-hydrogen) atoms. The quantitative estimate of drug-likeness (QED) is 0.717. The Balaban J connectivity index is 2.00. The van der Waals surface area contributed by atoms with Crippen LogP contribution in [0.4, 0.5) is 0 Å². The van der Waals surface area contributed by atoms with Gasteiger partial charge in [-0.2, -0.15) is 5.10 Å². The van der Waals surface area contributed by atoms with Crippen molar-refractivity contribution in [3.05, 3.63) is 47.8 Å². The molecular weight excluding hydrogens is 326 g/mol. The number of nitrogens with zero attached hydrogens (tertiary/aromatic N) is 2. The van der Waals surface area contributed by atoms with Gasteiger partial charge >= 0.3 is 5.97 Å². The number of hydrogen-bond acceptors (Lipinski definition) is 4. The molecule has 0 aliphatic carbocycles. The van der Waals surface area contributed by atoms with Crippen LogP contribution in [0.3, 0.4) is 0 Å². The lowest BCUT2D eigenvalue weighted by molar-refractivity contribution is -0.137. The first-order valence-electron chi connectivity index (χ1n) is 7.61. The fourth-order valence-corrected chi connectivity index (χ4v) is 2.83. The van der Waals surface area contributed by atoms with Crippen molar-refractivity contribution in [1.82, 2.24) is 15.1 Å². The van der Waals surface area contributed by atoms with Crippen LogP contribution in [-0.4, -0.2) is 33.0 Å². The Labute approximate surface area is 145 Å². The van der Waals surface area contributed by atoms with E-state index in [1.54, 1.807) is 22.6 Å². The maximum absolute atomic E-state index is 12.2. The van der Waals surface area contributed by atoms with Gasteiger partial charge in [0.1, 0.15) is 0 Å². The maximum Gasteiger partial charge on any atom is 0.305 e. The molecule has 1 aromatic heterocycles. The molecular formula is C17H21N3O3S. The highest BCUT2D eigenvalue weighted by atomic mass is 32.2. The highest BCUT2D eigenvalue weighted by Crippen LogP contribution is 2.21. The minimum Gasteiger partial charge on any atom is -0.481 e. The number of thioether (sulfide) groups is 1. The van der Waals surface area contributed by atoms with Gasteiger partial charge in [-0.1, -0.05) is 12.1 Å². The minimum absolute atomic E-state index is 0.143. The van der Waals surface area contributed by atoms with Gasteiger partial charge in [0.05, 0.1) is 12.5 Å². The van der Waals surface area contributed by atoms with Crippen molar-refractivity contribution in [1.29, 1.82) is 0 Å². The van der Waals surface area contributed by atoms with Crippen molar-refractivity contribution >= 4 is 23.6 Å². The summed E-state index contributed by atoms with van der Waals surface area (Å²) in [7, 11) is 1.83. The van der Waals surface area contributed by atoms with Crippen LogP contribution in [0.15, 0.2) is 41.4 Å². The average molecular weight is 347 g/mol. The predicted molar refractivity (Wildman–Crippen MR) is 92.9 cm³/mol.